The Morgan fingerprint density at radius 2 is 2.40 bits per heavy atom. The molecule has 0 bridgehead atoms. The highest BCUT2D eigenvalue weighted by atomic mass is 16.4. The first-order chi connectivity index (χ1) is 7.13. The highest BCUT2D eigenvalue weighted by Gasteiger charge is 2.37. The van der Waals surface area contributed by atoms with Gasteiger partial charge in [0.1, 0.15) is 11.2 Å². The van der Waals surface area contributed by atoms with E-state index in [2.05, 4.69) is 5.32 Å². The third-order valence-electron chi connectivity index (χ3n) is 2.68. The van der Waals surface area contributed by atoms with Crippen LogP contribution in [-0.2, 0) is 5.60 Å². The smallest absolute Gasteiger partial charge is 0.339 e. The van der Waals surface area contributed by atoms with Crippen molar-refractivity contribution in [3.8, 4) is 0 Å². The topological polar surface area (TPSA) is 82.7 Å². The van der Waals surface area contributed by atoms with Crippen molar-refractivity contribution in [2.24, 2.45) is 0 Å². The summed E-state index contributed by atoms with van der Waals surface area (Å²) in [5, 5.41) is 22.2. The molecular formula is C10H13NO4. The molecule has 15 heavy (non-hydrogen) atoms. The minimum atomic E-state index is -1.19. The Balaban J connectivity index is 2.34. The number of furan rings is 1. The Morgan fingerprint density at radius 1 is 1.60 bits per heavy atom. The van der Waals surface area contributed by atoms with Gasteiger partial charge in [-0.3, -0.25) is 0 Å². The van der Waals surface area contributed by atoms with Crippen molar-refractivity contribution in [3.63, 3.8) is 0 Å². The first-order valence-electron chi connectivity index (χ1n) is 4.88. The summed E-state index contributed by atoms with van der Waals surface area (Å²) in [4.78, 5) is 10.9. The summed E-state index contributed by atoms with van der Waals surface area (Å²) in [5.74, 6) is -0.917. The van der Waals surface area contributed by atoms with Gasteiger partial charge >= 0.3 is 5.97 Å². The minimum absolute atomic E-state index is 0.0428. The van der Waals surface area contributed by atoms with Crippen LogP contribution in [0.1, 0.15) is 29.0 Å². The van der Waals surface area contributed by atoms with E-state index in [-0.39, 0.29) is 11.3 Å². The maximum atomic E-state index is 10.9. The summed E-state index contributed by atoms with van der Waals surface area (Å²) in [6, 6.07) is 1.37. The van der Waals surface area contributed by atoms with Crippen LogP contribution in [-0.4, -0.2) is 29.3 Å². The molecule has 1 aromatic rings. The van der Waals surface area contributed by atoms with E-state index < -0.39 is 11.6 Å². The van der Waals surface area contributed by atoms with Crippen LogP contribution in [0.3, 0.4) is 0 Å². The summed E-state index contributed by atoms with van der Waals surface area (Å²) in [7, 11) is 0. The molecule has 2 rings (SSSR count). The van der Waals surface area contributed by atoms with E-state index in [1.54, 1.807) is 0 Å². The number of carbonyl (C=O) groups is 1. The number of hydrogen-bond donors (Lipinski definition) is 3. The van der Waals surface area contributed by atoms with Gasteiger partial charge < -0.3 is 19.9 Å². The molecule has 2 heterocycles. The van der Waals surface area contributed by atoms with Gasteiger partial charge in [-0.25, -0.2) is 4.79 Å². The van der Waals surface area contributed by atoms with Crippen molar-refractivity contribution >= 4 is 5.97 Å². The van der Waals surface area contributed by atoms with Gasteiger partial charge in [0.2, 0.25) is 0 Å². The standard InChI is InChI=1S/C10H13NO4/c12-9(13)7-2-5-15-8(7)10(14)3-1-4-11-6-10/h2,5,11,14H,1,3-4,6H2,(H,12,13). The van der Waals surface area contributed by atoms with Crippen LogP contribution >= 0.6 is 0 Å². The van der Waals surface area contributed by atoms with Crippen molar-refractivity contribution in [1.29, 1.82) is 0 Å². The van der Waals surface area contributed by atoms with Gasteiger partial charge in [0.25, 0.3) is 0 Å². The fourth-order valence-electron chi connectivity index (χ4n) is 1.92. The molecule has 0 spiro atoms. The largest absolute Gasteiger partial charge is 0.478 e. The molecular weight excluding hydrogens is 198 g/mol. The molecule has 82 valence electrons. The van der Waals surface area contributed by atoms with E-state index in [1.165, 1.54) is 12.3 Å². The van der Waals surface area contributed by atoms with Crippen molar-refractivity contribution < 1.29 is 19.4 Å². The number of aliphatic hydroxyl groups is 1. The fourth-order valence-corrected chi connectivity index (χ4v) is 1.92. The SMILES string of the molecule is O=C(O)c1ccoc1C1(O)CCCNC1. The Labute approximate surface area is 86.7 Å². The van der Waals surface area contributed by atoms with Crippen molar-refractivity contribution in [3.05, 3.63) is 23.7 Å². The first-order valence-corrected chi connectivity index (χ1v) is 4.88. The molecule has 1 saturated heterocycles. The number of β-amino-alcohol motifs (C(OH)–C–C–N with tert-alkyl or cyclic N) is 1. The van der Waals surface area contributed by atoms with Crippen molar-refractivity contribution in [2.75, 3.05) is 13.1 Å². The van der Waals surface area contributed by atoms with E-state index in [0.717, 1.165) is 13.0 Å². The average Bonchev–Trinajstić information content (AvgIpc) is 2.67. The Kier molecular flexibility index (Phi) is 2.50. The molecule has 3 N–H and O–H groups in total. The summed E-state index contributed by atoms with van der Waals surface area (Å²) in [5.41, 5.74) is -1.14. The molecule has 0 radical (unpaired) electrons. The highest BCUT2D eigenvalue weighted by Crippen LogP contribution is 2.31. The van der Waals surface area contributed by atoms with Gasteiger partial charge in [0.15, 0.2) is 5.76 Å². The summed E-state index contributed by atoms with van der Waals surface area (Å²) < 4.78 is 5.10. The van der Waals surface area contributed by atoms with E-state index in [9.17, 15) is 9.90 Å². The molecule has 5 heteroatoms. The summed E-state index contributed by atoms with van der Waals surface area (Å²) in [6.45, 7) is 1.17. The van der Waals surface area contributed by atoms with Crippen LogP contribution < -0.4 is 5.32 Å². The minimum Gasteiger partial charge on any atom is -0.478 e. The Bertz CT molecular complexity index is 365. The maximum absolute atomic E-state index is 10.9. The Hall–Kier alpha value is -1.33. The van der Waals surface area contributed by atoms with E-state index in [4.69, 9.17) is 9.52 Å². The second kappa shape index (κ2) is 3.67. The van der Waals surface area contributed by atoms with Crippen molar-refractivity contribution in [1.82, 2.24) is 5.32 Å². The normalized spacial score (nSPS) is 26.5. The molecule has 1 aromatic heterocycles. The monoisotopic (exact) mass is 211 g/mol. The van der Waals surface area contributed by atoms with Gasteiger partial charge in [-0.1, -0.05) is 0 Å². The lowest BCUT2D eigenvalue weighted by Crippen LogP contribution is -2.43. The lowest BCUT2D eigenvalue weighted by atomic mass is 9.89. The zero-order chi connectivity index (χ0) is 10.9. The highest BCUT2D eigenvalue weighted by molar-refractivity contribution is 5.89. The van der Waals surface area contributed by atoms with Gasteiger partial charge in [0, 0.05) is 6.54 Å². The quantitative estimate of drug-likeness (QED) is 0.665. The van der Waals surface area contributed by atoms with Gasteiger partial charge in [-0.2, -0.15) is 0 Å². The first kappa shape index (κ1) is 10.2. The van der Waals surface area contributed by atoms with Gasteiger partial charge in [0.05, 0.1) is 6.26 Å². The second-order valence-corrected chi connectivity index (χ2v) is 3.78. The second-order valence-electron chi connectivity index (χ2n) is 3.78. The van der Waals surface area contributed by atoms with Crippen LogP contribution in [0.4, 0.5) is 0 Å². The van der Waals surface area contributed by atoms with E-state index in [0.29, 0.717) is 13.0 Å². The van der Waals surface area contributed by atoms with Gasteiger partial charge in [-0.05, 0) is 25.5 Å². The number of hydrogen-bond acceptors (Lipinski definition) is 4. The Morgan fingerprint density at radius 3 is 3.00 bits per heavy atom. The van der Waals surface area contributed by atoms with E-state index >= 15 is 0 Å². The number of piperidine rings is 1. The lowest BCUT2D eigenvalue weighted by molar-refractivity contribution is -0.00887. The number of carboxylic acids is 1. The fraction of sp³-hybridized carbons (Fsp3) is 0.500. The summed E-state index contributed by atoms with van der Waals surface area (Å²) in [6.07, 6.45) is 2.62. The average molecular weight is 211 g/mol. The molecule has 1 unspecified atom stereocenters. The molecule has 1 fully saturated rings. The number of carboxylic acid groups (broad SMARTS) is 1. The predicted molar refractivity (Wildman–Crippen MR) is 51.7 cm³/mol. The zero-order valence-corrected chi connectivity index (χ0v) is 8.19. The molecule has 0 saturated carbocycles. The molecule has 0 amide bonds. The third kappa shape index (κ3) is 1.75. The van der Waals surface area contributed by atoms with Crippen LogP contribution in [0.15, 0.2) is 16.7 Å². The van der Waals surface area contributed by atoms with Crippen LogP contribution in [0, 0.1) is 0 Å². The van der Waals surface area contributed by atoms with Gasteiger partial charge in [-0.15, -0.1) is 0 Å². The predicted octanol–water partition coefficient (Wildman–Crippen LogP) is 0.549. The van der Waals surface area contributed by atoms with Crippen LogP contribution in [0.2, 0.25) is 0 Å². The number of nitrogens with one attached hydrogen (secondary N) is 1. The van der Waals surface area contributed by atoms with Crippen molar-refractivity contribution in [2.45, 2.75) is 18.4 Å². The molecule has 1 aliphatic rings. The summed E-state index contributed by atoms with van der Waals surface area (Å²) >= 11 is 0. The molecule has 5 nitrogen and oxygen atoms in total. The maximum Gasteiger partial charge on any atom is 0.339 e. The third-order valence-corrected chi connectivity index (χ3v) is 2.68. The molecule has 0 aliphatic carbocycles. The van der Waals surface area contributed by atoms with Crippen LogP contribution in [0.25, 0.3) is 0 Å². The lowest BCUT2D eigenvalue weighted by Gasteiger charge is -2.31. The number of aromatic carboxylic acids is 1. The van der Waals surface area contributed by atoms with Crippen LogP contribution in [0.5, 0.6) is 0 Å². The number of rotatable bonds is 2. The molecule has 1 aliphatic heterocycles. The zero-order valence-electron chi connectivity index (χ0n) is 8.19. The van der Waals surface area contributed by atoms with E-state index in [1.807, 2.05) is 0 Å². The molecule has 1 atom stereocenters. The molecule has 0 aromatic carbocycles.